The number of hydrogen-bond donors (Lipinski definition) is 2. The lowest BCUT2D eigenvalue weighted by Crippen LogP contribution is -2.41. The van der Waals surface area contributed by atoms with Crippen LogP contribution in [0.1, 0.15) is 23.2 Å². The SMILES string of the molecule is Nc1ncc(Br)cc1C(=O)N1CCCC(CO)C1. The standard InChI is InChI=1S/C12H16BrN3O2/c13-9-4-10(11(14)15-5-9)12(18)16-3-1-2-8(6-16)7-17/h4-5,8,17H,1-3,6-7H2,(H2,14,15). The van der Waals surface area contributed by atoms with Gasteiger partial charge in [-0.3, -0.25) is 4.79 Å². The Bertz CT molecular complexity index is 453. The Labute approximate surface area is 114 Å². The topological polar surface area (TPSA) is 79.5 Å². The van der Waals surface area contributed by atoms with Gasteiger partial charge in [-0.05, 0) is 40.8 Å². The summed E-state index contributed by atoms with van der Waals surface area (Å²) in [5, 5.41) is 9.18. The Morgan fingerprint density at radius 1 is 1.67 bits per heavy atom. The number of likely N-dealkylation sites (tertiary alicyclic amines) is 1. The number of amides is 1. The van der Waals surface area contributed by atoms with E-state index in [1.165, 1.54) is 0 Å². The van der Waals surface area contributed by atoms with Gasteiger partial charge in [-0.2, -0.15) is 0 Å². The molecule has 1 unspecified atom stereocenters. The van der Waals surface area contributed by atoms with Crippen LogP contribution in [0.15, 0.2) is 16.7 Å². The molecule has 1 aliphatic heterocycles. The van der Waals surface area contributed by atoms with Gasteiger partial charge in [0.1, 0.15) is 5.82 Å². The summed E-state index contributed by atoms with van der Waals surface area (Å²) in [7, 11) is 0. The predicted molar refractivity (Wildman–Crippen MR) is 72.1 cm³/mol. The second kappa shape index (κ2) is 5.67. The number of aliphatic hydroxyl groups is 1. The van der Waals surface area contributed by atoms with Gasteiger partial charge in [-0.15, -0.1) is 0 Å². The van der Waals surface area contributed by atoms with Gasteiger partial charge in [-0.1, -0.05) is 0 Å². The second-order valence-electron chi connectivity index (χ2n) is 4.53. The first-order valence-corrected chi connectivity index (χ1v) is 6.72. The van der Waals surface area contributed by atoms with Gasteiger partial charge in [0.2, 0.25) is 0 Å². The largest absolute Gasteiger partial charge is 0.396 e. The zero-order valence-corrected chi connectivity index (χ0v) is 11.6. The Morgan fingerprint density at radius 3 is 3.17 bits per heavy atom. The average molecular weight is 314 g/mol. The van der Waals surface area contributed by atoms with E-state index >= 15 is 0 Å². The summed E-state index contributed by atoms with van der Waals surface area (Å²) in [4.78, 5) is 18.0. The monoisotopic (exact) mass is 313 g/mol. The quantitative estimate of drug-likeness (QED) is 0.861. The van der Waals surface area contributed by atoms with Crippen LogP contribution < -0.4 is 5.73 Å². The number of rotatable bonds is 2. The summed E-state index contributed by atoms with van der Waals surface area (Å²) in [6, 6.07) is 1.69. The van der Waals surface area contributed by atoms with Crippen LogP contribution in [0.5, 0.6) is 0 Å². The number of halogens is 1. The summed E-state index contributed by atoms with van der Waals surface area (Å²) >= 11 is 3.29. The highest BCUT2D eigenvalue weighted by Gasteiger charge is 2.25. The van der Waals surface area contributed by atoms with E-state index in [4.69, 9.17) is 5.73 Å². The summed E-state index contributed by atoms with van der Waals surface area (Å²) in [5.41, 5.74) is 6.15. The highest BCUT2D eigenvalue weighted by Crippen LogP contribution is 2.21. The number of nitrogens with zero attached hydrogens (tertiary/aromatic N) is 2. The molecule has 0 saturated carbocycles. The van der Waals surface area contributed by atoms with Crippen molar-refractivity contribution < 1.29 is 9.90 Å². The molecule has 0 spiro atoms. The molecule has 2 rings (SSSR count). The van der Waals surface area contributed by atoms with Gasteiger partial charge in [-0.25, -0.2) is 4.98 Å². The first kappa shape index (κ1) is 13.3. The third kappa shape index (κ3) is 2.81. The van der Waals surface area contributed by atoms with Crippen molar-refractivity contribution in [1.82, 2.24) is 9.88 Å². The lowest BCUT2D eigenvalue weighted by Gasteiger charge is -2.32. The van der Waals surface area contributed by atoms with Gasteiger partial charge in [0.15, 0.2) is 0 Å². The molecule has 1 aromatic rings. The third-order valence-electron chi connectivity index (χ3n) is 3.18. The zero-order chi connectivity index (χ0) is 13.1. The second-order valence-corrected chi connectivity index (χ2v) is 5.44. The predicted octanol–water partition coefficient (Wildman–Crippen LogP) is 1.27. The molecule has 2 heterocycles. The zero-order valence-electron chi connectivity index (χ0n) is 9.97. The molecule has 0 radical (unpaired) electrons. The van der Waals surface area contributed by atoms with Crippen LogP contribution in [0, 0.1) is 5.92 Å². The summed E-state index contributed by atoms with van der Waals surface area (Å²) in [5.74, 6) is 0.304. The van der Waals surface area contributed by atoms with Crippen LogP contribution in [-0.2, 0) is 0 Å². The first-order valence-electron chi connectivity index (χ1n) is 5.93. The number of nitrogen functional groups attached to an aromatic ring is 1. The van der Waals surface area contributed by atoms with E-state index in [1.807, 2.05) is 0 Å². The van der Waals surface area contributed by atoms with Crippen LogP contribution in [-0.4, -0.2) is 40.6 Å². The van der Waals surface area contributed by atoms with Crippen molar-refractivity contribution in [3.05, 3.63) is 22.3 Å². The minimum atomic E-state index is -0.112. The van der Waals surface area contributed by atoms with E-state index in [0.29, 0.717) is 18.7 Å². The van der Waals surface area contributed by atoms with Gasteiger partial charge in [0.25, 0.3) is 5.91 Å². The van der Waals surface area contributed by atoms with E-state index in [-0.39, 0.29) is 24.2 Å². The first-order chi connectivity index (χ1) is 8.61. The van der Waals surface area contributed by atoms with Crippen molar-refractivity contribution in [2.75, 3.05) is 25.4 Å². The Hall–Kier alpha value is -1.14. The fraction of sp³-hybridized carbons (Fsp3) is 0.500. The van der Waals surface area contributed by atoms with Crippen molar-refractivity contribution >= 4 is 27.7 Å². The van der Waals surface area contributed by atoms with Gasteiger partial charge in [0.05, 0.1) is 5.56 Å². The average Bonchev–Trinajstić information content (AvgIpc) is 2.41. The normalized spacial score (nSPS) is 19.9. The van der Waals surface area contributed by atoms with Crippen molar-refractivity contribution in [3.63, 3.8) is 0 Å². The van der Waals surface area contributed by atoms with Crippen molar-refractivity contribution in [2.24, 2.45) is 5.92 Å². The van der Waals surface area contributed by atoms with E-state index in [9.17, 15) is 9.90 Å². The number of piperidine rings is 1. The molecule has 1 amide bonds. The molecule has 1 atom stereocenters. The number of aromatic nitrogens is 1. The molecular formula is C12H16BrN3O2. The molecule has 98 valence electrons. The number of carbonyl (C=O) groups is 1. The fourth-order valence-electron chi connectivity index (χ4n) is 2.19. The Morgan fingerprint density at radius 2 is 2.44 bits per heavy atom. The number of nitrogens with two attached hydrogens (primary N) is 1. The van der Waals surface area contributed by atoms with Crippen molar-refractivity contribution in [3.8, 4) is 0 Å². The molecule has 0 aromatic carbocycles. The molecule has 0 aliphatic carbocycles. The van der Waals surface area contributed by atoms with Crippen LogP contribution >= 0.6 is 15.9 Å². The van der Waals surface area contributed by atoms with Crippen LogP contribution in [0.4, 0.5) is 5.82 Å². The molecule has 3 N–H and O–H groups in total. The lowest BCUT2D eigenvalue weighted by atomic mass is 9.98. The summed E-state index contributed by atoms with van der Waals surface area (Å²) < 4.78 is 0.732. The Balaban J connectivity index is 2.17. The third-order valence-corrected chi connectivity index (χ3v) is 3.61. The lowest BCUT2D eigenvalue weighted by molar-refractivity contribution is 0.0621. The maximum absolute atomic E-state index is 12.3. The molecule has 1 aromatic heterocycles. The molecular weight excluding hydrogens is 298 g/mol. The van der Waals surface area contributed by atoms with E-state index in [2.05, 4.69) is 20.9 Å². The van der Waals surface area contributed by atoms with E-state index in [0.717, 1.165) is 17.3 Å². The van der Waals surface area contributed by atoms with Crippen LogP contribution in [0.3, 0.4) is 0 Å². The van der Waals surface area contributed by atoms with Gasteiger partial charge in [0, 0.05) is 30.4 Å². The number of aliphatic hydroxyl groups excluding tert-OH is 1. The molecule has 1 saturated heterocycles. The molecule has 0 bridgehead atoms. The molecule has 1 aliphatic rings. The maximum Gasteiger partial charge on any atom is 0.257 e. The van der Waals surface area contributed by atoms with Gasteiger partial charge < -0.3 is 15.7 Å². The Kier molecular flexibility index (Phi) is 4.19. The minimum Gasteiger partial charge on any atom is -0.396 e. The number of anilines is 1. The van der Waals surface area contributed by atoms with Crippen LogP contribution in [0.25, 0.3) is 0 Å². The maximum atomic E-state index is 12.3. The van der Waals surface area contributed by atoms with Crippen molar-refractivity contribution in [2.45, 2.75) is 12.8 Å². The summed E-state index contributed by atoms with van der Waals surface area (Å²) in [6.45, 7) is 1.42. The number of hydrogen-bond acceptors (Lipinski definition) is 4. The fourth-order valence-corrected chi connectivity index (χ4v) is 2.52. The minimum absolute atomic E-state index is 0.112. The highest BCUT2D eigenvalue weighted by atomic mass is 79.9. The molecule has 5 nitrogen and oxygen atoms in total. The number of carbonyl (C=O) groups excluding carboxylic acids is 1. The summed E-state index contributed by atoms with van der Waals surface area (Å²) in [6.07, 6.45) is 3.45. The molecule has 18 heavy (non-hydrogen) atoms. The smallest absolute Gasteiger partial charge is 0.257 e. The molecule has 1 fully saturated rings. The highest BCUT2D eigenvalue weighted by molar-refractivity contribution is 9.10. The van der Waals surface area contributed by atoms with Crippen LogP contribution in [0.2, 0.25) is 0 Å². The van der Waals surface area contributed by atoms with E-state index in [1.54, 1.807) is 17.2 Å². The van der Waals surface area contributed by atoms with Crippen molar-refractivity contribution in [1.29, 1.82) is 0 Å². The number of pyridine rings is 1. The molecule has 6 heteroatoms. The van der Waals surface area contributed by atoms with Gasteiger partial charge >= 0.3 is 0 Å². The van der Waals surface area contributed by atoms with E-state index < -0.39 is 0 Å².